The summed E-state index contributed by atoms with van der Waals surface area (Å²) in [6.07, 6.45) is 10.4. The van der Waals surface area contributed by atoms with Crippen LogP contribution in [0.2, 0.25) is 0 Å². The molecule has 0 fully saturated rings. The molecular weight excluding hydrogens is 448 g/mol. The molecule has 0 amide bonds. The van der Waals surface area contributed by atoms with E-state index in [9.17, 15) is 8.42 Å². The molecule has 0 aromatic carbocycles. The fraction of sp³-hybridized carbons (Fsp3) is 0.250. The molecule has 5 rings (SSSR count). The van der Waals surface area contributed by atoms with Crippen LogP contribution in [0.4, 0.5) is 10.8 Å². The van der Waals surface area contributed by atoms with Gasteiger partial charge in [-0.05, 0) is 44.1 Å². The van der Waals surface area contributed by atoms with Crippen LogP contribution in [0.1, 0.15) is 17.7 Å². The van der Waals surface area contributed by atoms with Crippen LogP contribution in [0.5, 0.6) is 0 Å². The number of hydrogen-bond donors (Lipinski definition) is 4. The highest BCUT2D eigenvalue weighted by Crippen LogP contribution is 2.34. The molecule has 0 bridgehead atoms. The minimum atomic E-state index is -3.53. The minimum absolute atomic E-state index is 0.274. The number of anilines is 2. The summed E-state index contributed by atoms with van der Waals surface area (Å²) in [5.41, 5.74) is 5.02. The summed E-state index contributed by atoms with van der Waals surface area (Å²) in [6, 6.07) is 1.81. The summed E-state index contributed by atoms with van der Waals surface area (Å²) in [7, 11) is -2.13. The summed E-state index contributed by atoms with van der Waals surface area (Å²) >= 11 is 1.16. The Morgan fingerprint density at radius 1 is 1.28 bits per heavy atom. The molecule has 10 nitrogen and oxygen atoms in total. The number of sulfonamides is 1. The first kappa shape index (κ1) is 20.8. The second-order valence-electron chi connectivity index (χ2n) is 7.41. The average Bonchev–Trinajstić information content (AvgIpc) is 3.54. The van der Waals surface area contributed by atoms with Crippen LogP contribution in [-0.4, -0.2) is 53.1 Å². The second kappa shape index (κ2) is 8.13. The van der Waals surface area contributed by atoms with Gasteiger partial charge >= 0.3 is 0 Å². The van der Waals surface area contributed by atoms with E-state index in [4.69, 9.17) is 4.98 Å². The molecule has 4 N–H and O–H groups in total. The number of aryl methyl sites for hydroxylation is 1. The molecule has 0 atom stereocenters. The third-order valence-electron chi connectivity index (χ3n) is 5.27. The van der Waals surface area contributed by atoms with Gasteiger partial charge in [-0.2, -0.15) is 5.10 Å². The Kier molecular flexibility index (Phi) is 5.29. The van der Waals surface area contributed by atoms with Gasteiger partial charge in [0.2, 0.25) is 10.0 Å². The number of rotatable bonds is 6. The van der Waals surface area contributed by atoms with Gasteiger partial charge in [-0.15, -0.1) is 11.3 Å². The predicted octanol–water partition coefficient (Wildman–Crippen LogP) is 2.52. The SMILES string of the molecule is CNS(=O)(=O)c1sc(Nc2nc(C3=CCCNC3)cn3c(-c4cn[nH]c4)cnc23)cc1C. The van der Waals surface area contributed by atoms with Gasteiger partial charge < -0.3 is 10.6 Å². The first-order valence-corrected chi connectivity index (χ1v) is 12.3. The van der Waals surface area contributed by atoms with Gasteiger partial charge in [-0.1, -0.05) is 6.08 Å². The normalized spacial score (nSPS) is 14.6. The Hall–Kier alpha value is -3.06. The smallest absolute Gasteiger partial charge is 0.250 e. The van der Waals surface area contributed by atoms with Gasteiger partial charge in [-0.3, -0.25) is 9.50 Å². The number of H-pyrrole nitrogens is 1. The number of nitrogens with zero attached hydrogens (tertiary/aromatic N) is 4. The van der Waals surface area contributed by atoms with Gasteiger partial charge in [0.05, 0.1) is 28.8 Å². The summed E-state index contributed by atoms with van der Waals surface area (Å²) in [4.78, 5) is 9.44. The topological polar surface area (TPSA) is 129 Å². The first-order chi connectivity index (χ1) is 15.5. The fourth-order valence-corrected chi connectivity index (χ4v) is 6.10. The molecule has 12 heteroatoms. The second-order valence-corrected chi connectivity index (χ2v) is 10.5. The van der Waals surface area contributed by atoms with Crippen molar-refractivity contribution in [3.8, 4) is 11.3 Å². The Balaban J connectivity index is 1.64. The molecule has 166 valence electrons. The van der Waals surface area contributed by atoms with Crippen molar-refractivity contribution in [2.75, 3.05) is 25.5 Å². The van der Waals surface area contributed by atoms with Gasteiger partial charge in [0.15, 0.2) is 11.5 Å². The van der Waals surface area contributed by atoms with Crippen LogP contribution in [0.15, 0.2) is 41.1 Å². The molecule has 0 radical (unpaired) electrons. The van der Waals surface area contributed by atoms with Crippen molar-refractivity contribution in [1.82, 2.24) is 34.6 Å². The van der Waals surface area contributed by atoms with Crippen molar-refractivity contribution in [2.24, 2.45) is 0 Å². The van der Waals surface area contributed by atoms with Crippen LogP contribution < -0.4 is 15.4 Å². The zero-order valence-electron chi connectivity index (χ0n) is 17.5. The Labute approximate surface area is 188 Å². The molecule has 0 saturated heterocycles. The number of aromatic nitrogens is 5. The molecule has 0 spiro atoms. The van der Waals surface area contributed by atoms with E-state index in [0.29, 0.717) is 22.0 Å². The molecular formula is C20H22N8O2S2. The summed E-state index contributed by atoms with van der Waals surface area (Å²) < 4.78 is 29.3. The van der Waals surface area contributed by atoms with Crippen LogP contribution >= 0.6 is 11.3 Å². The van der Waals surface area contributed by atoms with Crippen LogP contribution in [0.25, 0.3) is 22.5 Å². The number of hydrogen-bond acceptors (Lipinski definition) is 8. The van der Waals surface area contributed by atoms with Crippen molar-refractivity contribution in [2.45, 2.75) is 17.6 Å². The Bertz CT molecular complexity index is 1420. The average molecular weight is 471 g/mol. The monoisotopic (exact) mass is 470 g/mol. The molecule has 4 aromatic rings. The van der Waals surface area contributed by atoms with Crippen molar-refractivity contribution < 1.29 is 8.42 Å². The standard InChI is InChI=1S/C20H22N8O2S2/c1-12-6-17(31-20(12)32(29,30)21-2)27-18-19-23-10-16(14-8-24-25-9-14)28(19)11-15(26-18)13-4-3-5-22-7-13/h4,6,8-11,21-22H,3,5,7H2,1-2H3,(H,24,25)(H,26,27). The van der Waals surface area contributed by atoms with Crippen LogP contribution in [0, 0.1) is 6.92 Å². The van der Waals surface area contributed by atoms with Crippen molar-refractivity contribution in [3.63, 3.8) is 0 Å². The lowest BCUT2D eigenvalue weighted by atomic mass is 10.1. The van der Waals surface area contributed by atoms with Crippen LogP contribution in [0.3, 0.4) is 0 Å². The summed E-state index contributed by atoms with van der Waals surface area (Å²) in [6.45, 7) is 3.45. The van der Waals surface area contributed by atoms with Crippen molar-refractivity contribution >= 4 is 43.4 Å². The fourth-order valence-electron chi connectivity index (χ4n) is 3.67. The number of aromatic amines is 1. The van der Waals surface area contributed by atoms with E-state index in [1.807, 2.05) is 16.8 Å². The molecule has 4 aromatic heterocycles. The van der Waals surface area contributed by atoms with Crippen molar-refractivity contribution in [1.29, 1.82) is 0 Å². The molecule has 32 heavy (non-hydrogen) atoms. The van der Waals surface area contributed by atoms with Gasteiger partial charge in [0.25, 0.3) is 0 Å². The molecule has 0 aliphatic carbocycles. The third-order valence-corrected chi connectivity index (χ3v) is 8.47. The number of nitrogens with one attached hydrogen (secondary N) is 4. The lowest BCUT2D eigenvalue weighted by molar-refractivity contribution is 0.590. The lowest BCUT2D eigenvalue weighted by Gasteiger charge is -2.16. The van der Waals surface area contributed by atoms with Gasteiger partial charge in [0, 0.05) is 24.5 Å². The Morgan fingerprint density at radius 3 is 2.88 bits per heavy atom. The van der Waals surface area contributed by atoms with E-state index in [1.165, 1.54) is 7.05 Å². The molecule has 1 aliphatic rings. The van der Waals surface area contributed by atoms with E-state index in [-0.39, 0.29) is 4.21 Å². The van der Waals surface area contributed by atoms with Crippen LogP contribution in [-0.2, 0) is 10.0 Å². The highest BCUT2D eigenvalue weighted by Gasteiger charge is 2.21. The maximum atomic E-state index is 12.3. The quantitative estimate of drug-likeness (QED) is 0.341. The summed E-state index contributed by atoms with van der Waals surface area (Å²) in [5.74, 6) is 0.554. The molecule has 5 heterocycles. The highest BCUT2D eigenvalue weighted by atomic mass is 32.2. The third kappa shape index (κ3) is 3.71. The number of thiophene rings is 1. The minimum Gasteiger partial charge on any atom is -0.329 e. The molecule has 0 unspecified atom stereocenters. The van der Waals surface area contributed by atoms with Gasteiger partial charge in [-0.25, -0.2) is 23.1 Å². The summed E-state index contributed by atoms with van der Waals surface area (Å²) in [5, 5.41) is 14.2. The maximum Gasteiger partial charge on any atom is 0.250 e. The van der Waals surface area contributed by atoms with E-state index in [2.05, 4.69) is 36.6 Å². The Morgan fingerprint density at radius 2 is 2.16 bits per heavy atom. The van der Waals surface area contributed by atoms with E-state index < -0.39 is 10.0 Å². The predicted molar refractivity (Wildman–Crippen MR) is 125 cm³/mol. The zero-order chi connectivity index (χ0) is 22.3. The molecule has 1 aliphatic heterocycles. The van der Waals surface area contributed by atoms with Crippen molar-refractivity contribution in [3.05, 3.63) is 48.2 Å². The number of imidazole rings is 1. The zero-order valence-corrected chi connectivity index (χ0v) is 19.1. The largest absolute Gasteiger partial charge is 0.329 e. The first-order valence-electron chi connectivity index (χ1n) is 10.0. The van der Waals surface area contributed by atoms with E-state index in [1.54, 1.807) is 25.4 Å². The van der Waals surface area contributed by atoms with E-state index >= 15 is 0 Å². The number of fused-ring (bicyclic) bond motifs is 1. The van der Waals surface area contributed by atoms with Gasteiger partial charge in [0.1, 0.15) is 4.21 Å². The lowest BCUT2D eigenvalue weighted by Crippen LogP contribution is -2.22. The van der Waals surface area contributed by atoms with E-state index in [0.717, 1.165) is 53.4 Å². The maximum absolute atomic E-state index is 12.3. The highest BCUT2D eigenvalue weighted by molar-refractivity contribution is 7.91. The molecule has 0 saturated carbocycles.